The van der Waals surface area contributed by atoms with Crippen molar-refractivity contribution in [2.24, 2.45) is 0 Å². The average molecular weight is 337 g/mol. The number of nitrogens with zero attached hydrogens (tertiary/aromatic N) is 5. The molecule has 3 aromatic rings. The third kappa shape index (κ3) is 3.73. The van der Waals surface area contributed by atoms with Crippen LogP contribution in [0.4, 0.5) is 10.2 Å². The summed E-state index contributed by atoms with van der Waals surface area (Å²) in [5, 5.41) is 0. The molecule has 0 radical (unpaired) electrons. The van der Waals surface area contributed by atoms with Gasteiger partial charge in [-0.1, -0.05) is 12.1 Å². The molecular formula is C19H20FN5. The zero-order valence-electron chi connectivity index (χ0n) is 14.0. The zero-order chi connectivity index (χ0) is 17.1. The molecule has 0 bridgehead atoms. The lowest BCUT2D eigenvalue weighted by Crippen LogP contribution is -2.26. The predicted octanol–water partition coefficient (Wildman–Crippen LogP) is 3.66. The summed E-state index contributed by atoms with van der Waals surface area (Å²) < 4.78 is 12.7. The first-order valence-corrected chi connectivity index (χ1v) is 8.67. The molecule has 1 saturated carbocycles. The molecule has 1 aliphatic carbocycles. The van der Waals surface area contributed by atoms with Crippen molar-refractivity contribution >= 4 is 16.9 Å². The SMILES string of the molecule is FCCCN(Cc1cnc2ccccc2n1)c1cc(C2CC2)ncn1. The highest BCUT2D eigenvalue weighted by molar-refractivity contribution is 5.73. The number of rotatable bonds is 7. The van der Waals surface area contributed by atoms with E-state index in [9.17, 15) is 4.39 Å². The first kappa shape index (κ1) is 15.9. The summed E-state index contributed by atoms with van der Waals surface area (Å²) >= 11 is 0. The van der Waals surface area contributed by atoms with E-state index in [1.807, 2.05) is 30.3 Å². The van der Waals surface area contributed by atoms with E-state index in [2.05, 4.69) is 24.8 Å². The van der Waals surface area contributed by atoms with Gasteiger partial charge in [0, 0.05) is 24.2 Å². The molecule has 0 spiro atoms. The van der Waals surface area contributed by atoms with Gasteiger partial charge >= 0.3 is 0 Å². The van der Waals surface area contributed by atoms with Crippen molar-refractivity contribution in [1.29, 1.82) is 0 Å². The molecule has 2 aromatic heterocycles. The molecule has 0 aliphatic heterocycles. The van der Waals surface area contributed by atoms with Crippen molar-refractivity contribution in [2.75, 3.05) is 18.1 Å². The van der Waals surface area contributed by atoms with Crippen LogP contribution in [0.15, 0.2) is 42.9 Å². The van der Waals surface area contributed by atoms with Gasteiger partial charge in [0.05, 0.1) is 36.1 Å². The first-order chi connectivity index (χ1) is 12.3. The second-order valence-corrected chi connectivity index (χ2v) is 6.39. The number of hydrogen-bond donors (Lipinski definition) is 0. The minimum atomic E-state index is -0.347. The lowest BCUT2D eigenvalue weighted by atomic mass is 10.2. The van der Waals surface area contributed by atoms with Crippen molar-refractivity contribution < 1.29 is 4.39 Å². The highest BCUT2D eigenvalue weighted by atomic mass is 19.1. The Labute approximate surface area is 146 Å². The summed E-state index contributed by atoms with van der Waals surface area (Å²) in [4.78, 5) is 20.0. The molecule has 0 atom stereocenters. The van der Waals surface area contributed by atoms with Crippen molar-refractivity contribution in [1.82, 2.24) is 19.9 Å². The molecule has 5 nitrogen and oxygen atoms in total. The Kier molecular flexibility index (Phi) is 4.50. The van der Waals surface area contributed by atoms with Gasteiger partial charge in [-0.3, -0.25) is 9.37 Å². The summed E-state index contributed by atoms with van der Waals surface area (Å²) in [6, 6.07) is 9.83. The van der Waals surface area contributed by atoms with E-state index in [4.69, 9.17) is 0 Å². The molecule has 0 saturated heterocycles. The smallest absolute Gasteiger partial charge is 0.132 e. The molecule has 128 valence electrons. The second-order valence-electron chi connectivity index (χ2n) is 6.39. The summed E-state index contributed by atoms with van der Waals surface area (Å²) in [7, 11) is 0. The topological polar surface area (TPSA) is 54.8 Å². The average Bonchev–Trinajstić information content (AvgIpc) is 3.50. The van der Waals surface area contributed by atoms with Gasteiger partial charge in [0.25, 0.3) is 0 Å². The van der Waals surface area contributed by atoms with Gasteiger partial charge in [0.15, 0.2) is 0 Å². The highest BCUT2D eigenvalue weighted by Gasteiger charge is 2.25. The van der Waals surface area contributed by atoms with Crippen LogP contribution >= 0.6 is 0 Å². The summed E-state index contributed by atoms with van der Waals surface area (Å²) in [5.74, 6) is 1.39. The van der Waals surface area contributed by atoms with Crippen LogP contribution in [0, 0.1) is 0 Å². The van der Waals surface area contributed by atoms with Crippen LogP contribution in [-0.4, -0.2) is 33.2 Å². The van der Waals surface area contributed by atoms with Crippen molar-refractivity contribution in [3.05, 3.63) is 54.2 Å². The molecular weight excluding hydrogens is 317 g/mol. The molecule has 25 heavy (non-hydrogen) atoms. The van der Waals surface area contributed by atoms with Gasteiger partial charge in [-0.05, 0) is 31.4 Å². The summed E-state index contributed by atoms with van der Waals surface area (Å²) in [6.07, 6.45) is 6.24. The fourth-order valence-corrected chi connectivity index (χ4v) is 2.93. The third-order valence-electron chi connectivity index (χ3n) is 4.41. The summed E-state index contributed by atoms with van der Waals surface area (Å²) in [5.41, 5.74) is 3.68. The number of halogens is 1. The number of aromatic nitrogens is 4. The van der Waals surface area contributed by atoms with E-state index in [1.165, 1.54) is 12.8 Å². The Bertz CT molecular complexity index is 865. The van der Waals surface area contributed by atoms with Crippen LogP contribution in [0.25, 0.3) is 11.0 Å². The van der Waals surface area contributed by atoms with E-state index in [0.29, 0.717) is 25.4 Å². The molecule has 2 heterocycles. The maximum Gasteiger partial charge on any atom is 0.132 e. The van der Waals surface area contributed by atoms with Crippen LogP contribution in [-0.2, 0) is 6.54 Å². The number of hydrogen-bond acceptors (Lipinski definition) is 5. The molecule has 4 rings (SSSR count). The molecule has 0 unspecified atom stereocenters. The number of benzene rings is 1. The van der Waals surface area contributed by atoms with Gasteiger partial charge in [-0.25, -0.2) is 15.0 Å². The Morgan fingerprint density at radius 3 is 2.72 bits per heavy atom. The first-order valence-electron chi connectivity index (χ1n) is 8.67. The Hall–Kier alpha value is -2.63. The molecule has 1 fully saturated rings. The molecule has 0 N–H and O–H groups in total. The second kappa shape index (κ2) is 7.09. The monoisotopic (exact) mass is 337 g/mol. The van der Waals surface area contributed by atoms with Gasteiger partial charge in [-0.2, -0.15) is 0 Å². The molecule has 0 amide bonds. The van der Waals surface area contributed by atoms with Crippen LogP contribution < -0.4 is 4.90 Å². The number of fused-ring (bicyclic) bond motifs is 1. The highest BCUT2D eigenvalue weighted by Crippen LogP contribution is 2.39. The predicted molar refractivity (Wildman–Crippen MR) is 95.2 cm³/mol. The molecule has 1 aromatic carbocycles. The minimum absolute atomic E-state index is 0.347. The number of alkyl halides is 1. The zero-order valence-corrected chi connectivity index (χ0v) is 14.0. The van der Waals surface area contributed by atoms with Gasteiger partial charge < -0.3 is 4.90 Å². The standard InChI is InChI=1S/C19H20FN5/c20-8-3-9-25(19-10-18(14-6-7-14)22-13-23-19)12-15-11-21-16-4-1-2-5-17(16)24-15/h1-2,4-5,10-11,13-14H,3,6-9,12H2. The van der Waals surface area contributed by atoms with E-state index in [-0.39, 0.29) is 6.67 Å². The number of anilines is 1. The number of para-hydroxylation sites is 2. The minimum Gasteiger partial charge on any atom is -0.350 e. The van der Waals surface area contributed by atoms with Crippen molar-refractivity contribution in [2.45, 2.75) is 31.7 Å². The third-order valence-corrected chi connectivity index (χ3v) is 4.41. The largest absolute Gasteiger partial charge is 0.350 e. The van der Waals surface area contributed by atoms with Gasteiger partial charge in [0.2, 0.25) is 0 Å². The van der Waals surface area contributed by atoms with Crippen molar-refractivity contribution in [3.63, 3.8) is 0 Å². The van der Waals surface area contributed by atoms with Crippen LogP contribution in [0.1, 0.15) is 36.6 Å². The molecule has 1 aliphatic rings. The van der Waals surface area contributed by atoms with E-state index in [1.54, 1.807) is 12.5 Å². The fraction of sp³-hybridized carbons (Fsp3) is 0.368. The summed E-state index contributed by atoms with van der Waals surface area (Å²) in [6.45, 7) is 0.797. The normalized spacial score (nSPS) is 14.0. The lowest BCUT2D eigenvalue weighted by molar-refractivity contribution is 0.470. The van der Waals surface area contributed by atoms with Crippen LogP contribution in [0.5, 0.6) is 0 Å². The van der Waals surface area contributed by atoms with E-state index < -0.39 is 0 Å². The van der Waals surface area contributed by atoms with Gasteiger partial charge in [0.1, 0.15) is 12.1 Å². The van der Waals surface area contributed by atoms with Gasteiger partial charge in [-0.15, -0.1) is 0 Å². The lowest BCUT2D eigenvalue weighted by Gasteiger charge is -2.23. The quantitative estimate of drug-likeness (QED) is 0.658. The van der Waals surface area contributed by atoms with Crippen LogP contribution in [0.3, 0.4) is 0 Å². The Balaban J connectivity index is 1.60. The van der Waals surface area contributed by atoms with E-state index >= 15 is 0 Å². The van der Waals surface area contributed by atoms with Crippen LogP contribution in [0.2, 0.25) is 0 Å². The fourth-order valence-electron chi connectivity index (χ4n) is 2.93. The van der Waals surface area contributed by atoms with Crippen molar-refractivity contribution in [3.8, 4) is 0 Å². The van der Waals surface area contributed by atoms with E-state index in [0.717, 1.165) is 28.2 Å². The Morgan fingerprint density at radius 2 is 1.92 bits per heavy atom. The Morgan fingerprint density at radius 1 is 1.08 bits per heavy atom. The molecule has 6 heteroatoms. The maximum atomic E-state index is 12.7. The maximum absolute atomic E-state index is 12.7.